The molecule has 1 heterocycles. The molecule has 22 heavy (non-hydrogen) atoms. The molecular weight excluding hydrogens is 297 g/mol. The normalized spacial score (nSPS) is 11.0. The van der Waals surface area contributed by atoms with Crippen molar-refractivity contribution < 1.29 is 18.0 Å². The Hall–Kier alpha value is -2.64. The SMILES string of the molecule is O=C(NCCNc1cnccn1)c1ccccc1C(F)(F)F. The van der Waals surface area contributed by atoms with Crippen molar-refractivity contribution in [2.24, 2.45) is 0 Å². The Bertz CT molecular complexity index is 631. The van der Waals surface area contributed by atoms with Gasteiger partial charge in [0.1, 0.15) is 5.82 Å². The van der Waals surface area contributed by atoms with E-state index in [2.05, 4.69) is 20.6 Å². The first-order valence-electron chi connectivity index (χ1n) is 6.43. The second-order valence-corrected chi connectivity index (χ2v) is 4.32. The van der Waals surface area contributed by atoms with Gasteiger partial charge in [0.15, 0.2) is 0 Å². The van der Waals surface area contributed by atoms with E-state index in [1.807, 2.05) is 0 Å². The predicted molar refractivity (Wildman–Crippen MR) is 74.3 cm³/mol. The molecule has 8 heteroatoms. The molecule has 0 fully saturated rings. The number of nitrogens with zero attached hydrogens (tertiary/aromatic N) is 2. The fourth-order valence-electron chi connectivity index (χ4n) is 1.78. The lowest BCUT2D eigenvalue weighted by Crippen LogP contribution is -2.30. The van der Waals surface area contributed by atoms with E-state index in [4.69, 9.17) is 0 Å². The second-order valence-electron chi connectivity index (χ2n) is 4.32. The van der Waals surface area contributed by atoms with Crippen LogP contribution in [0.25, 0.3) is 0 Å². The van der Waals surface area contributed by atoms with Gasteiger partial charge in [0.25, 0.3) is 5.91 Å². The average Bonchev–Trinajstić information content (AvgIpc) is 2.51. The van der Waals surface area contributed by atoms with Crippen LogP contribution in [0.1, 0.15) is 15.9 Å². The van der Waals surface area contributed by atoms with Gasteiger partial charge >= 0.3 is 6.18 Å². The summed E-state index contributed by atoms with van der Waals surface area (Å²) in [6.45, 7) is 0.472. The molecule has 116 valence electrons. The van der Waals surface area contributed by atoms with E-state index in [-0.39, 0.29) is 6.54 Å². The molecule has 1 aromatic heterocycles. The fourth-order valence-corrected chi connectivity index (χ4v) is 1.78. The smallest absolute Gasteiger partial charge is 0.367 e. The molecule has 0 bridgehead atoms. The summed E-state index contributed by atoms with van der Waals surface area (Å²) in [4.78, 5) is 19.7. The summed E-state index contributed by atoms with van der Waals surface area (Å²) in [6, 6.07) is 4.66. The summed E-state index contributed by atoms with van der Waals surface area (Å²) in [5, 5.41) is 5.32. The number of carbonyl (C=O) groups excluding carboxylic acids is 1. The van der Waals surface area contributed by atoms with Crippen LogP contribution in [0.15, 0.2) is 42.9 Å². The fraction of sp³-hybridized carbons (Fsp3) is 0.214. The van der Waals surface area contributed by atoms with Gasteiger partial charge < -0.3 is 10.6 Å². The number of benzene rings is 1. The molecule has 2 rings (SSSR count). The van der Waals surface area contributed by atoms with Crippen LogP contribution < -0.4 is 10.6 Å². The minimum atomic E-state index is -4.56. The van der Waals surface area contributed by atoms with Crippen LogP contribution in [0.2, 0.25) is 0 Å². The quantitative estimate of drug-likeness (QED) is 0.832. The molecule has 0 aliphatic heterocycles. The number of rotatable bonds is 5. The Morgan fingerprint density at radius 3 is 2.59 bits per heavy atom. The first-order chi connectivity index (χ1) is 10.5. The molecule has 2 N–H and O–H groups in total. The minimum Gasteiger partial charge on any atom is -0.367 e. The third-order valence-corrected chi connectivity index (χ3v) is 2.76. The van der Waals surface area contributed by atoms with E-state index in [1.54, 1.807) is 0 Å². The summed E-state index contributed by atoms with van der Waals surface area (Å²) in [6.07, 6.45) is -0.0475. The molecule has 1 aromatic carbocycles. The Kier molecular flexibility index (Phi) is 4.92. The predicted octanol–water partition coefficient (Wildman–Crippen LogP) is 2.34. The van der Waals surface area contributed by atoms with Gasteiger partial charge in [-0.3, -0.25) is 9.78 Å². The van der Waals surface area contributed by atoms with Crippen LogP contribution >= 0.6 is 0 Å². The maximum Gasteiger partial charge on any atom is 0.417 e. The lowest BCUT2D eigenvalue weighted by molar-refractivity contribution is -0.137. The number of carbonyl (C=O) groups is 1. The van der Waals surface area contributed by atoms with Crippen molar-refractivity contribution in [3.8, 4) is 0 Å². The molecule has 0 saturated heterocycles. The standard InChI is InChI=1S/C14H13F3N4O/c15-14(16,17)11-4-2-1-3-10(11)13(22)21-8-7-20-12-9-18-5-6-19-12/h1-6,9H,7-8H2,(H,19,20)(H,21,22). The summed E-state index contributed by atoms with van der Waals surface area (Å²) in [7, 11) is 0. The largest absolute Gasteiger partial charge is 0.417 e. The van der Waals surface area contributed by atoms with Gasteiger partial charge in [-0.15, -0.1) is 0 Å². The van der Waals surface area contributed by atoms with Crippen molar-refractivity contribution in [2.75, 3.05) is 18.4 Å². The van der Waals surface area contributed by atoms with Crippen LogP contribution in [0.4, 0.5) is 19.0 Å². The van der Waals surface area contributed by atoms with Gasteiger partial charge in [-0.05, 0) is 12.1 Å². The average molecular weight is 310 g/mol. The summed E-state index contributed by atoms with van der Waals surface area (Å²) < 4.78 is 38.4. The number of amides is 1. The first kappa shape index (κ1) is 15.7. The van der Waals surface area contributed by atoms with Gasteiger partial charge in [-0.2, -0.15) is 13.2 Å². The second kappa shape index (κ2) is 6.88. The van der Waals surface area contributed by atoms with E-state index < -0.39 is 23.2 Å². The summed E-state index contributed by atoms with van der Waals surface area (Å²) in [5.41, 5.74) is -1.34. The van der Waals surface area contributed by atoms with Crippen LogP contribution in [0, 0.1) is 0 Å². The number of alkyl halides is 3. The maximum absolute atomic E-state index is 12.8. The van der Waals surface area contributed by atoms with E-state index in [0.717, 1.165) is 12.1 Å². The van der Waals surface area contributed by atoms with Crippen molar-refractivity contribution in [2.45, 2.75) is 6.18 Å². The topological polar surface area (TPSA) is 66.9 Å². The molecule has 5 nitrogen and oxygen atoms in total. The van der Waals surface area contributed by atoms with Crippen LogP contribution in [-0.2, 0) is 6.18 Å². The number of anilines is 1. The Labute approximate surface area is 124 Å². The number of hydrogen-bond donors (Lipinski definition) is 2. The lowest BCUT2D eigenvalue weighted by atomic mass is 10.1. The zero-order valence-electron chi connectivity index (χ0n) is 11.4. The molecule has 0 radical (unpaired) electrons. The van der Waals surface area contributed by atoms with Crippen LogP contribution in [0.3, 0.4) is 0 Å². The van der Waals surface area contributed by atoms with Crippen molar-refractivity contribution in [1.29, 1.82) is 0 Å². The third-order valence-electron chi connectivity index (χ3n) is 2.76. The van der Waals surface area contributed by atoms with Gasteiger partial charge in [0.05, 0.1) is 17.3 Å². The third kappa shape index (κ3) is 4.18. The highest BCUT2D eigenvalue weighted by Gasteiger charge is 2.34. The highest BCUT2D eigenvalue weighted by atomic mass is 19.4. The Balaban J connectivity index is 1.91. The Morgan fingerprint density at radius 1 is 1.14 bits per heavy atom. The van der Waals surface area contributed by atoms with Gasteiger partial charge in [0.2, 0.25) is 0 Å². The first-order valence-corrected chi connectivity index (χ1v) is 6.43. The number of nitrogens with one attached hydrogen (secondary N) is 2. The Morgan fingerprint density at radius 2 is 1.91 bits per heavy atom. The van der Waals surface area contributed by atoms with Crippen molar-refractivity contribution in [1.82, 2.24) is 15.3 Å². The van der Waals surface area contributed by atoms with E-state index >= 15 is 0 Å². The zero-order chi connectivity index (χ0) is 16.0. The van der Waals surface area contributed by atoms with E-state index in [0.29, 0.717) is 12.4 Å². The summed E-state index contributed by atoms with van der Waals surface area (Å²) in [5.74, 6) is -0.249. The van der Waals surface area contributed by atoms with E-state index in [9.17, 15) is 18.0 Å². The van der Waals surface area contributed by atoms with Gasteiger partial charge in [0, 0.05) is 25.5 Å². The lowest BCUT2D eigenvalue weighted by Gasteiger charge is -2.12. The highest BCUT2D eigenvalue weighted by molar-refractivity contribution is 5.95. The summed E-state index contributed by atoms with van der Waals surface area (Å²) >= 11 is 0. The van der Waals surface area contributed by atoms with Crippen LogP contribution in [-0.4, -0.2) is 29.0 Å². The molecule has 0 atom stereocenters. The van der Waals surface area contributed by atoms with Crippen molar-refractivity contribution in [3.05, 3.63) is 54.0 Å². The van der Waals surface area contributed by atoms with Gasteiger partial charge in [-0.25, -0.2) is 4.98 Å². The van der Waals surface area contributed by atoms with Gasteiger partial charge in [-0.1, -0.05) is 12.1 Å². The van der Waals surface area contributed by atoms with Crippen LogP contribution in [0.5, 0.6) is 0 Å². The molecule has 0 aliphatic carbocycles. The maximum atomic E-state index is 12.8. The molecular formula is C14H13F3N4O. The zero-order valence-corrected chi connectivity index (χ0v) is 11.4. The van der Waals surface area contributed by atoms with Crippen molar-refractivity contribution >= 4 is 11.7 Å². The molecule has 0 unspecified atom stereocenters. The monoisotopic (exact) mass is 310 g/mol. The highest BCUT2D eigenvalue weighted by Crippen LogP contribution is 2.31. The van der Waals surface area contributed by atoms with E-state index in [1.165, 1.54) is 30.7 Å². The molecule has 0 saturated carbocycles. The number of aromatic nitrogens is 2. The van der Waals surface area contributed by atoms with Crippen molar-refractivity contribution in [3.63, 3.8) is 0 Å². The molecule has 1 amide bonds. The molecule has 0 aliphatic rings. The molecule has 0 spiro atoms. The minimum absolute atomic E-state index is 0.154. The number of halogens is 3. The molecule has 2 aromatic rings. The number of hydrogen-bond acceptors (Lipinski definition) is 4.